The van der Waals surface area contributed by atoms with Gasteiger partial charge in [-0.25, -0.2) is 4.39 Å². The van der Waals surface area contributed by atoms with Crippen LogP contribution in [0.4, 0.5) is 4.39 Å². The molecule has 1 aromatic heterocycles. The monoisotopic (exact) mass is 221 g/mol. The second-order valence-corrected chi connectivity index (χ2v) is 3.92. The van der Waals surface area contributed by atoms with Gasteiger partial charge in [-0.15, -0.1) is 0 Å². The van der Waals surface area contributed by atoms with E-state index >= 15 is 0 Å². The largest absolute Gasteiger partial charge is 0.377 e. The predicted molar refractivity (Wildman–Crippen MR) is 62.9 cm³/mol. The van der Waals surface area contributed by atoms with E-state index in [0.717, 1.165) is 22.2 Å². The number of ether oxygens (including phenoxy) is 1. The molecule has 0 fully saturated rings. The molecule has 0 saturated heterocycles. The number of benzene rings is 1. The fourth-order valence-electron chi connectivity index (χ4n) is 2.00. The second-order valence-electron chi connectivity index (χ2n) is 3.92. The molecule has 0 radical (unpaired) electrons. The molecule has 0 N–H and O–H groups in total. The van der Waals surface area contributed by atoms with E-state index < -0.39 is 0 Å². The highest BCUT2D eigenvalue weighted by atomic mass is 19.1. The summed E-state index contributed by atoms with van der Waals surface area (Å²) in [5.41, 5.74) is 3.21. The lowest BCUT2D eigenvalue weighted by atomic mass is 10.1. The van der Waals surface area contributed by atoms with Crippen LogP contribution in [0.1, 0.15) is 18.2 Å². The number of aromatic nitrogens is 1. The molecule has 1 aromatic carbocycles. The number of nitrogens with zero attached hydrogens (tertiary/aromatic N) is 1. The lowest BCUT2D eigenvalue weighted by molar-refractivity contribution is 0.134. The van der Waals surface area contributed by atoms with Gasteiger partial charge in [0.2, 0.25) is 0 Å². The zero-order valence-corrected chi connectivity index (χ0v) is 9.88. The Morgan fingerprint density at radius 2 is 2.12 bits per heavy atom. The standard InChI is InChI=1S/C13H16FNO/c1-4-16-8-12-9(2)15(3)13-7-10(14)5-6-11(12)13/h5-7H,4,8H2,1-3H3. The van der Waals surface area contributed by atoms with E-state index in [2.05, 4.69) is 0 Å². The summed E-state index contributed by atoms with van der Waals surface area (Å²) in [6.45, 7) is 5.29. The van der Waals surface area contributed by atoms with Crippen molar-refractivity contribution in [2.45, 2.75) is 20.5 Å². The summed E-state index contributed by atoms with van der Waals surface area (Å²) in [6, 6.07) is 4.89. The van der Waals surface area contributed by atoms with Gasteiger partial charge in [-0.05, 0) is 32.0 Å². The van der Waals surface area contributed by atoms with Gasteiger partial charge in [0, 0.05) is 30.3 Å². The molecule has 0 aliphatic rings. The highest BCUT2D eigenvalue weighted by molar-refractivity contribution is 5.85. The molecule has 2 aromatic rings. The molecule has 0 aliphatic carbocycles. The third-order valence-corrected chi connectivity index (χ3v) is 3.04. The van der Waals surface area contributed by atoms with Crippen molar-refractivity contribution in [3.05, 3.63) is 35.3 Å². The van der Waals surface area contributed by atoms with Gasteiger partial charge < -0.3 is 9.30 Å². The van der Waals surface area contributed by atoms with Crippen molar-refractivity contribution in [1.29, 1.82) is 0 Å². The van der Waals surface area contributed by atoms with Crippen molar-refractivity contribution in [3.8, 4) is 0 Å². The van der Waals surface area contributed by atoms with Crippen molar-refractivity contribution in [3.63, 3.8) is 0 Å². The number of hydrogen-bond donors (Lipinski definition) is 0. The van der Waals surface area contributed by atoms with Crippen LogP contribution in [-0.2, 0) is 18.4 Å². The van der Waals surface area contributed by atoms with E-state index in [1.165, 1.54) is 6.07 Å². The molecule has 0 amide bonds. The molecular formula is C13H16FNO. The lowest BCUT2D eigenvalue weighted by Crippen LogP contribution is -1.95. The van der Waals surface area contributed by atoms with E-state index in [-0.39, 0.29) is 5.82 Å². The molecular weight excluding hydrogens is 205 g/mol. The first kappa shape index (κ1) is 11.1. The Hall–Kier alpha value is -1.35. The molecule has 2 rings (SSSR count). The van der Waals surface area contributed by atoms with E-state index in [1.807, 2.05) is 31.5 Å². The first-order valence-corrected chi connectivity index (χ1v) is 5.46. The highest BCUT2D eigenvalue weighted by Gasteiger charge is 2.12. The minimum atomic E-state index is -0.198. The van der Waals surface area contributed by atoms with Gasteiger partial charge in [0.05, 0.1) is 12.1 Å². The Balaban J connectivity index is 2.59. The molecule has 0 atom stereocenters. The van der Waals surface area contributed by atoms with E-state index in [0.29, 0.717) is 13.2 Å². The molecule has 1 heterocycles. The SMILES string of the molecule is CCOCc1c(C)n(C)c2cc(F)ccc12. The summed E-state index contributed by atoms with van der Waals surface area (Å²) in [6.07, 6.45) is 0. The van der Waals surface area contributed by atoms with Gasteiger partial charge in [0.15, 0.2) is 0 Å². The van der Waals surface area contributed by atoms with E-state index in [9.17, 15) is 4.39 Å². The number of halogens is 1. The molecule has 16 heavy (non-hydrogen) atoms. The fraction of sp³-hybridized carbons (Fsp3) is 0.385. The molecule has 2 nitrogen and oxygen atoms in total. The number of rotatable bonds is 3. The highest BCUT2D eigenvalue weighted by Crippen LogP contribution is 2.26. The van der Waals surface area contributed by atoms with Crippen molar-refractivity contribution in [1.82, 2.24) is 4.57 Å². The summed E-state index contributed by atoms with van der Waals surface area (Å²) in [4.78, 5) is 0. The van der Waals surface area contributed by atoms with Crippen LogP contribution >= 0.6 is 0 Å². The van der Waals surface area contributed by atoms with Crippen LogP contribution in [-0.4, -0.2) is 11.2 Å². The Labute approximate surface area is 94.6 Å². The quantitative estimate of drug-likeness (QED) is 0.776. The summed E-state index contributed by atoms with van der Waals surface area (Å²) >= 11 is 0. The average Bonchev–Trinajstić information content (AvgIpc) is 2.50. The van der Waals surface area contributed by atoms with Gasteiger partial charge in [-0.2, -0.15) is 0 Å². The Bertz CT molecular complexity index is 516. The summed E-state index contributed by atoms with van der Waals surface area (Å²) in [5.74, 6) is -0.198. The van der Waals surface area contributed by atoms with E-state index in [1.54, 1.807) is 6.07 Å². The van der Waals surface area contributed by atoms with Gasteiger partial charge >= 0.3 is 0 Å². The van der Waals surface area contributed by atoms with Crippen LogP contribution < -0.4 is 0 Å². The predicted octanol–water partition coefficient (Wildman–Crippen LogP) is 3.16. The smallest absolute Gasteiger partial charge is 0.125 e. The van der Waals surface area contributed by atoms with Crippen molar-refractivity contribution in [2.24, 2.45) is 7.05 Å². The second kappa shape index (κ2) is 4.26. The van der Waals surface area contributed by atoms with Gasteiger partial charge in [0.1, 0.15) is 5.82 Å². The molecule has 0 aliphatic heterocycles. The fourth-order valence-corrected chi connectivity index (χ4v) is 2.00. The normalized spacial score (nSPS) is 11.2. The number of fused-ring (bicyclic) bond motifs is 1. The van der Waals surface area contributed by atoms with Crippen molar-refractivity contribution in [2.75, 3.05) is 6.61 Å². The summed E-state index contributed by atoms with van der Waals surface area (Å²) in [7, 11) is 1.95. The average molecular weight is 221 g/mol. The molecule has 0 spiro atoms. The number of aryl methyl sites for hydroxylation is 1. The zero-order chi connectivity index (χ0) is 11.7. The van der Waals surface area contributed by atoms with Gasteiger partial charge in [-0.3, -0.25) is 0 Å². The molecule has 0 bridgehead atoms. The van der Waals surface area contributed by atoms with Crippen LogP contribution in [0.15, 0.2) is 18.2 Å². The maximum Gasteiger partial charge on any atom is 0.125 e. The first-order valence-electron chi connectivity index (χ1n) is 5.46. The summed E-state index contributed by atoms with van der Waals surface area (Å²) in [5, 5.41) is 1.08. The topological polar surface area (TPSA) is 14.2 Å². The zero-order valence-electron chi connectivity index (χ0n) is 9.88. The summed E-state index contributed by atoms with van der Waals surface area (Å²) < 4.78 is 20.6. The molecule has 0 unspecified atom stereocenters. The Morgan fingerprint density at radius 1 is 1.38 bits per heavy atom. The third-order valence-electron chi connectivity index (χ3n) is 3.04. The number of hydrogen-bond acceptors (Lipinski definition) is 1. The third kappa shape index (κ3) is 1.71. The molecule has 86 valence electrons. The van der Waals surface area contributed by atoms with Crippen LogP contribution in [0.25, 0.3) is 10.9 Å². The van der Waals surface area contributed by atoms with Crippen molar-refractivity contribution >= 4 is 10.9 Å². The van der Waals surface area contributed by atoms with E-state index in [4.69, 9.17) is 4.74 Å². The lowest BCUT2D eigenvalue weighted by Gasteiger charge is -2.02. The Kier molecular flexibility index (Phi) is 2.97. The van der Waals surface area contributed by atoms with Crippen LogP contribution in [0.2, 0.25) is 0 Å². The van der Waals surface area contributed by atoms with Crippen molar-refractivity contribution < 1.29 is 9.13 Å². The first-order chi connectivity index (χ1) is 7.65. The van der Waals surface area contributed by atoms with Gasteiger partial charge in [0.25, 0.3) is 0 Å². The van der Waals surface area contributed by atoms with Crippen LogP contribution in [0, 0.1) is 12.7 Å². The van der Waals surface area contributed by atoms with Crippen LogP contribution in [0.5, 0.6) is 0 Å². The Morgan fingerprint density at radius 3 is 2.81 bits per heavy atom. The van der Waals surface area contributed by atoms with Gasteiger partial charge in [-0.1, -0.05) is 0 Å². The molecule has 0 saturated carbocycles. The minimum Gasteiger partial charge on any atom is -0.377 e. The molecule has 3 heteroatoms. The minimum absolute atomic E-state index is 0.198. The maximum absolute atomic E-state index is 13.2. The van der Waals surface area contributed by atoms with Crippen LogP contribution in [0.3, 0.4) is 0 Å². The maximum atomic E-state index is 13.2.